The Hall–Kier alpha value is -3.10. The van der Waals surface area contributed by atoms with Gasteiger partial charge < -0.3 is 10.1 Å². The highest BCUT2D eigenvalue weighted by atomic mass is 32.2. The van der Waals surface area contributed by atoms with Crippen LogP contribution in [0.2, 0.25) is 0 Å². The molecular formula is C28H28F2N2O3S. The molecule has 5 nitrogen and oxygen atoms in total. The molecule has 1 aliphatic heterocycles. The summed E-state index contributed by atoms with van der Waals surface area (Å²) in [6.07, 6.45) is 3.66. The SMILES string of the molecule is CNc1ccc(S(=O)(=O)/N=C/C2CCO[C@@H](C3c4ccc(F)cc4CCc4cc(F)ccc43)C2)cc1. The van der Waals surface area contributed by atoms with Crippen molar-refractivity contribution in [1.82, 2.24) is 0 Å². The van der Waals surface area contributed by atoms with Crippen molar-refractivity contribution < 1.29 is 21.9 Å². The lowest BCUT2D eigenvalue weighted by Crippen LogP contribution is -2.33. The fourth-order valence-corrected chi connectivity index (χ4v) is 6.20. The van der Waals surface area contributed by atoms with Gasteiger partial charge in [-0.15, -0.1) is 0 Å². The molecule has 0 radical (unpaired) electrons. The molecule has 1 heterocycles. The molecule has 1 fully saturated rings. The van der Waals surface area contributed by atoms with Gasteiger partial charge in [0, 0.05) is 31.5 Å². The van der Waals surface area contributed by atoms with E-state index in [9.17, 15) is 17.2 Å². The molecular weight excluding hydrogens is 482 g/mol. The summed E-state index contributed by atoms with van der Waals surface area (Å²) in [6.45, 7) is 0.446. The van der Waals surface area contributed by atoms with Crippen molar-refractivity contribution in [3.63, 3.8) is 0 Å². The molecule has 0 saturated carbocycles. The number of hydrogen-bond acceptors (Lipinski definition) is 4. The van der Waals surface area contributed by atoms with E-state index in [1.54, 1.807) is 43.4 Å². The third-order valence-corrected chi connectivity index (χ3v) is 8.39. The summed E-state index contributed by atoms with van der Waals surface area (Å²) in [4.78, 5) is 0.136. The average molecular weight is 511 g/mol. The number of rotatable bonds is 5. The van der Waals surface area contributed by atoms with Crippen LogP contribution in [0.3, 0.4) is 0 Å². The number of halogens is 2. The van der Waals surface area contributed by atoms with Crippen LogP contribution < -0.4 is 5.32 Å². The number of ether oxygens (including phenoxy) is 1. The largest absolute Gasteiger partial charge is 0.388 e. The molecule has 3 aromatic carbocycles. The van der Waals surface area contributed by atoms with Gasteiger partial charge in [0.25, 0.3) is 10.0 Å². The molecule has 5 rings (SSSR count). The lowest BCUT2D eigenvalue weighted by Gasteiger charge is -2.35. The Morgan fingerprint density at radius 1 is 0.944 bits per heavy atom. The Morgan fingerprint density at radius 2 is 1.56 bits per heavy atom. The number of nitrogens with one attached hydrogen (secondary N) is 1. The van der Waals surface area contributed by atoms with E-state index >= 15 is 0 Å². The predicted molar refractivity (Wildman–Crippen MR) is 136 cm³/mol. The zero-order chi connectivity index (χ0) is 25.3. The van der Waals surface area contributed by atoms with Crippen LogP contribution in [0, 0.1) is 17.6 Å². The lowest BCUT2D eigenvalue weighted by molar-refractivity contribution is -0.00439. The number of sulfonamides is 1. The second-order valence-electron chi connectivity index (χ2n) is 9.36. The quantitative estimate of drug-likeness (QED) is 0.461. The number of benzene rings is 3. The van der Waals surface area contributed by atoms with Crippen LogP contribution >= 0.6 is 0 Å². The second-order valence-corrected chi connectivity index (χ2v) is 11.0. The van der Waals surface area contributed by atoms with E-state index in [0.717, 1.165) is 27.9 Å². The van der Waals surface area contributed by atoms with Gasteiger partial charge in [-0.3, -0.25) is 0 Å². The van der Waals surface area contributed by atoms with Gasteiger partial charge in [-0.05, 0) is 102 Å². The van der Waals surface area contributed by atoms with Crippen LogP contribution in [-0.4, -0.2) is 34.4 Å². The Morgan fingerprint density at radius 3 is 2.14 bits per heavy atom. The van der Waals surface area contributed by atoms with Crippen LogP contribution in [0.1, 0.15) is 41.0 Å². The summed E-state index contributed by atoms with van der Waals surface area (Å²) in [7, 11) is -2.06. The normalized spacial score (nSPS) is 20.5. The zero-order valence-electron chi connectivity index (χ0n) is 20.0. The molecule has 1 aliphatic carbocycles. The molecule has 3 aromatic rings. The zero-order valence-corrected chi connectivity index (χ0v) is 20.8. The van der Waals surface area contributed by atoms with Crippen LogP contribution in [0.4, 0.5) is 14.5 Å². The highest BCUT2D eigenvalue weighted by Crippen LogP contribution is 2.41. The third kappa shape index (κ3) is 5.06. The van der Waals surface area contributed by atoms with E-state index in [4.69, 9.17) is 4.74 Å². The first-order valence-electron chi connectivity index (χ1n) is 12.1. The molecule has 0 amide bonds. The number of fused-ring (bicyclic) bond motifs is 2. The Kier molecular flexibility index (Phi) is 6.90. The van der Waals surface area contributed by atoms with E-state index in [-0.39, 0.29) is 34.5 Å². The summed E-state index contributed by atoms with van der Waals surface area (Å²) in [5, 5.41) is 2.96. The summed E-state index contributed by atoms with van der Waals surface area (Å²) in [5.41, 5.74) is 4.55. The maximum absolute atomic E-state index is 14.1. The maximum atomic E-state index is 14.1. The lowest BCUT2D eigenvalue weighted by atomic mass is 9.79. The summed E-state index contributed by atoms with van der Waals surface area (Å²) >= 11 is 0. The van der Waals surface area contributed by atoms with Gasteiger partial charge in [0.15, 0.2) is 0 Å². The fraction of sp³-hybridized carbons (Fsp3) is 0.321. The van der Waals surface area contributed by atoms with Gasteiger partial charge >= 0.3 is 0 Å². The molecule has 8 heteroatoms. The van der Waals surface area contributed by atoms with Crippen molar-refractivity contribution in [2.24, 2.45) is 10.3 Å². The Labute approximate surface area is 210 Å². The monoisotopic (exact) mass is 510 g/mol. The fourth-order valence-electron chi connectivity index (χ4n) is 5.27. The minimum atomic E-state index is -3.82. The van der Waals surface area contributed by atoms with Crippen LogP contribution in [0.5, 0.6) is 0 Å². The maximum Gasteiger partial charge on any atom is 0.281 e. The molecule has 0 spiro atoms. The predicted octanol–water partition coefficient (Wildman–Crippen LogP) is 5.49. The van der Waals surface area contributed by atoms with Gasteiger partial charge in [0.05, 0.1) is 11.0 Å². The standard InChI is InChI=1S/C28H28F2N2O3S/c1-31-23-6-8-24(9-7-23)36(33,34)32-17-18-12-13-35-27(14-18)28-25-10-4-21(29)15-19(25)2-3-20-16-22(30)5-11-26(20)28/h4-11,15-18,27-28,31H,2-3,12-14H2,1H3/b32-17+/t18?,27-/m1/s1. The van der Waals surface area contributed by atoms with Gasteiger partial charge in [0.1, 0.15) is 11.6 Å². The van der Waals surface area contributed by atoms with E-state index in [1.807, 2.05) is 0 Å². The second kappa shape index (κ2) is 10.1. The number of hydrogen-bond donors (Lipinski definition) is 1. The Bertz CT molecular complexity index is 1340. The molecule has 1 N–H and O–H groups in total. The van der Waals surface area contributed by atoms with E-state index in [2.05, 4.69) is 9.71 Å². The van der Waals surface area contributed by atoms with Crippen LogP contribution in [-0.2, 0) is 27.6 Å². The topological polar surface area (TPSA) is 67.8 Å². The number of anilines is 1. The first kappa shape index (κ1) is 24.6. The minimum absolute atomic E-state index is 0.105. The number of aryl methyl sites for hydroxylation is 2. The van der Waals surface area contributed by atoms with E-state index in [1.165, 1.54) is 30.5 Å². The summed E-state index contributed by atoms with van der Waals surface area (Å²) < 4.78 is 63.9. The van der Waals surface area contributed by atoms with E-state index in [0.29, 0.717) is 32.3 Å². The van der Waals surface area contributed by atoms with Crippen LogP contribution in [0.15, 0.2) is 70.0 Å². The van der Waals surface area contributed by atoms with Gasteiger partial charge in [0.2, 0.25) is 0 Å². The highest BCUT2D eigenvalue weighted by Gasteiger charge is 2.35. The van der Waals surface area contributed by atoms with Crippen molar-refractivity contribution in [3.8, 4) is 0 Å². The molecule has 36 heavy (non-hydrogen) atoms. The first-order valence-corrected chi connectivity index (χ1v) is 13.5. The molecule has 2 aliphatic rings. The first-order chi connectivity index (χ1) is 17.3. The van der Waals surface area contributed by atoms with Gasteiger partial charge in [-0.2, -0.15) is 12.8 Å². The van der Waals surface area contributed by atoms with E-state index < -0.39 is 10.0 Å². The molecule has 2 atom stereocenters. The smallest absolute Gasteiger partial charge is 0.281 e. The highest BCUT2D eigenvalue weighted by molar-refractivity contribution is 7.90. The summed E-state index contributed by atoms with van der Waals surface area (Å²) in [5.74, 6) is -0.911. The van der Waals surface area contributed by atoms with Gasteiger partial charge in [-0.1, -0.05) is 12.1 Å². The van der Waals surface area contributed by atoms with Crippen molar-refractivity contribution >= 4 is 21.9 Å². The molecule has 188 valence electrons. The number of nitrogens with zero attached hydrogens (tertiary/aromatic N) is 1. The molecule has 0 aromatic heterocycles. The minimum Gasteiger partial charge on any atom is -0.388 e. The van der Waals surface area contributed by atoms with Crippen molar-refractivity contribution in [2.45, 2.75) is 42.6 Å². The average Bonchev–Trinajstić information content (AvgIpc) is 3.04. The van der Waals surface area contributed by atoms with Gasteiger partial charge in [-0.25, -0.2) is 8.78 Å². The molecule has 1 unspecified atom stereocenters. The Balaban J connectivity index is 1.43. The third-order valence-electron chi connectivity index (χ3n) is 7.12. The van der Waals surface area contributed by atoms with Crippen LogP contribution in [0.25, 0.3) is 0 Å². The molecule has 0 bridgehead atoms. The van der Waals surface area contributed by atoms with Crippen molar-refractivity contribution in [2.75, 3.05) is 19.0 Å². The molecule has 1 saturated heterocycles. The van der Waals surface area contributed by atoms with Crippen molar-refractivity contribution in [3.05, 3.63) is 94.6 Å². The van der Waals surface area contributed by atoms with Crippen molar-refractivity contribution in [1.29, 1.82) is 0 Å². The summed E-state index contributed by atoms with van der Waals surface area (Å²) in [6, 6.07) is 16.1.